The predicted molar refractivity (Wildman–Crippen MR) is 94.0 cm³/mol. The summed E-state index contributed by atoms with van der Waals surface area (Å²) in [5, 5.41) is 16.7. The Morgan fingerprint density at radius 1 is 1.36 bits per heavy atom. The van der Waals surface area contributed by atoms with Crippen molar-refractivity contribution in [2.75, 3.05) is 13.1 Å². The first kappa shape index (κ1) is 18.9. The average Bonchev–Trinajstić information content (AvgIpc) is 3.01. The number of aromatic nitrogens is 2. The molecule has 0 fully saturated rings. The molecule has 0 saturated heterocycles. The third-order valence-electron chi connectivity index (χ3n) is 3.65. The van der Waals surface area contributed by atoms with Gasteiger partial charge >= 0.3 is 6.03 Å². The Hall–Kier alpha value is -2.41. The van der Waals surface area contributed by atoms with Gasteiger partial charge in [-0.1, -0.05) is 35.5 Å². The Kier molecular flexibility index (Phi) is 6.14. The number of nitrogens with zero attached hydrogens (tertiary/aromatic N) is 3. The molecule has 1 heterocycles. The van der Waals surface area contributed by atoms with Crippen molar-refractivity contribution in [1.29, 1.82) is 0 Å². The van der Waals surface area contributed by atoms with Crippen molar-refractivity contribution in [2.24, 2.45) is 0 Å². The average molecular weight is 346 g/mol. The Labute approximate surface area is 148 Å². The standard InChI is InChI=1S/C18H26N4O3/c1-5-22(12-18(3,4)24)17(23)19-13(2)16-20-15(21-25-16)11-14-9-7-6-8-10-14/h6-10,13,24H,5,11-12H2,1-4H3,(H,19,23). The lowest BCUT2D eigenvalue weighted by Crippen LogP contribution is -2.47. The summed E-state index contributed by atoms with van der Waals surface area (Å²) in [4.78, 5) is 18.2. The van der Waals surface area contributed by atoms with E-state index in [0.29, 0.717) is 24.7 Å². The predicted octanol–water partition coefficient (Wildman–Crippen LogP) is 2.52. The van der Waals surface area contributed by atoms with Crippen LogP contribution in [0.15, 0.2) is 34.9 Å². The highest BCUT2D eigenvalue weighted by Crippen LogP contribution is 2.13. The van der Waals surface area contributed by atoms with E-state index in [9.17, 15) is 9.90 Å². The summed E-state index contributed by atoms with van der Waals surface area (Å²) in [6.45, 7) is 7.72. The molecule has 1 atom stereocenters. The molecular weight excluding hydrogens is 320 g/mol. The Bertz CT molecular complexity index is 679. The number of hydrogen-bond donors (Lipinski definition) is 2. The van der Waals surface area contributed by atoms with E-state index in [-0.39, 0.29) is 12.6 Å². The molecule has 0 bridgehead atoms. The van der Waals surface area contributed by atoms with Crippen LogP contribution >= 0.6 is 0 Å². The summed E-state index contributed by atoms with van der Waals surface area (Å²) in [7, 11) is 0. The minimum absolute atomic E-state index is 0.241. The molecule has 2 rings (SSSR count). The van der Waals surface area contributed by atoms with Crippen LogP contribution in [0.4, 0.5) is 4.79 Å². The van der Waals surface area contributed by atoms with Crippen molar-refractivity contribution in [1.82, 2.24) is 20.4 Å². The first-order valence-corrected chi connectivity index (χ1v) is 8.42. The molecule has 0 radical (unpaired) electrons. The van der Waals surface area contributed by atoms with E-state index in [0.717, 1.165) is 5.56 Å². The minimum atomic E-state index is -0.954. The maximum Gasteiger partial charge on any atom is 0.318 e. The highest BCUT2D eigenvalue weighted by Gasteiger charge is 2.24. The summed E-state index contributed by atoms with van der Waals surface area (Å²) in [5.41, 5.74) is 0.137. The molecule has 25 heavy (non-hydrogen) atoms. The molecule has 0 aliphatic heterocycles. The van der Waals surface area contributed by atoms with Crippen LogP contribution in [-0.4, -0.2) is 44.9 Å². The normalized spacial score (nSPS) is 12.7. The molecule has 2 N–H and O–H groups in total. The number of carbonyl (C=O) groups is 1. The number of hydrogen-bond acceptors (Lipinski definition) is 5. The van der Waals surface area contributed by atoms with Crippen LogP contribution < -0.4 is 5.32 Å². The Morgan fingerprint density at radius 3 is 2.64 bits per heavy atom. The van der Waals surface area contributed by atoms with E-state index in [1.165, 1.54) is 4.90 Å². The van der Waals surface area contributed by atoms with Gasteiger partial charge in [-0.2, -0.15) is 4.98 Å². The number of aliphatic hydroxyl groups is 1. The molecule has 0 aliphatic rings. The molecule has 7 nitrogen and oxygen atoms in total. The van der Waals surface area contributed by atoms with Gasteiger partial charge in [0.2, 0.25) is 5.89 Å². The van der Waals surface area contributed by atoms with Gasteiger partial charge in [0.15, 0.2) is 5.82 Å². The second kappa shape index (κ2) is 8.11. The van der Waals surface area contributed by atoms with Gasteiger partial charge in [-0.05, 0) is 33.3 Å². The summed E-state index contributed by atoms with van der Waals surface area (Å²) >= 11 is 0. The van der Waals surface area contributed by atoms with Crippen LogP contribution in [0, 0.1) is 0 Å². The van der Waals surface area contributed by atoms with Crippen LogP contribution in [0.5, 0.6) is 0 Å². The first-order chi connectivity index (χ1) is 11.8. The van der Waals surface area contributed by atoms with Crippen LogP contribution in [0.1, 0.15) is 51.0 Å². The van der Waals surface area contributed by atoms with Crippen molar-refractivity contribution >= 4 is 6.03 Å². The monoisotopic (exact) mass is 346 g/mol. The van der Waals surface area contributed by atoms with E-state index < -0.39 is 11.6 Å². The fraction of sp³-hybridized carbons (Fsp3) is 0.500. The number of nitrogens with one attached hydrogen (secondary N) is 1. The van der Waals surface area contributed by atoms with E-state index in [1.807, 2.05) is 37.3 Å². The van der Waals surface area contributed by atoms with Gasteiger partial charge < -0.3 is 19.8 Å². The molecule has 7 heteroatoms. The zero-order valence-electron chi connectivity index (χ0n) is 15.2. The molecule has 2 aromatic rings. The molecule has 1 unspecified atom stereocenters. The number of amides is 2. The number of urea groups is 1. The van der Waals surface area contributed by atoms with E-state index >= 15 is 0 Å². The Balaban J connectivity index is 1.96. The summed E-state index contributed by atoms with van der Waals surface area (Å²) in [6, 6.07) is 9.17. The lowest BCUT2D eigenvalue weighted by molar-refractivity contribution is 0.0475. The maximum absolute atomic E-state index is 12.3. The molecule has 1 aromatic heterocycles. The van der Waals surface area contributed by atoms with Gasteiger partial charge in [0.1, 0.15) is 6.04 Å². The number of carbonyl (C=O) groups excluding carboxylic acids is 1. The van der Waals surface area contributed by atoms with E-state index in [4.69, 9.17) is 4.52 Å². The molecule has 1 aromatic carbocycles. The van der Waals surface area contributed by atoms with E-state index in [1.54, 1.807) is 20.8 Å². The van der Waals surface area contributed by atoms with Crippen molar-refractivity contribution in [3.05, 3.63) is 47.6 Å². The van der Waals surface area contributed by atoms with Gasteiger partial charge in [-0.25, -0.2) is 4.79 Å². The smallest absolute Gasteiger partial charge is 0.318 e. The highest BCUT2D eigenvalue weighted by atomic mass is 16.5. The zero-order valence-corrected chi connectivity index (χ0v) is 15.2. The zero-order chi connectivity index (χ0) is 18.4. The third kappa shape index (κ3) is 5.86. The second-order valence-corrected chi connectivity index (χ2v) is 6.71. The van der Waals surface area contributed by atoms with Gasteiger partial charge in [-0.15, -0.1) is 0 Å². The Morgan fingerprint density at radius 2 is 2.04 bits per heavy atom. The molecule has 0 aliphatic carbocycles. The number of likely N-dealkylation sites (N-methyl/N-ethyl adjacent to an activating group) is 1. The molecule has 2 amide bonds. The summed E-state index contributed by atoms with van der Waals surface area (Å²) in [5.74, 6) is 0.935. The molecular formula is C18H26N4O3. The largest absolute Gasteiger partial charge is 0.389 e. The first-order valence-electron chi connectivity index (χ1n) is 8.42. The molecule has 136 valence electrons. The van der Waals surface area contributed by atoms with Gasteiger partial charge in [0.05, 0.1) is 12.1 Å². The van der Waals surface area contributed by atoms with Crippen LogP contribution in [-0.2, 0) is 6.42 Å². The molecule has 0 spiro atoms. The topological polar surface area (TPSA) is 91.5 Å². The van der Waals surface area contributed by atoms with Gasteiger partial charge in [0, 0.05) is 13.0 Å². The van der Waals surface area contributed by atoms with Crippen LogP contribution in [0.2, 0.25) is 0 Å². The van der Waals surface area contributed by atoms with E-state index in [2.05, 4.69) is 15.5 Å². The quantitative estimate of drug-likeness (QED) is 0.804. The second-order valence-electron chi connectivity index (χ2n) is 6.71. The lowest BCUT2D eigenvalue weighted by atomic mass is 10.1. The van der Waals surface area contributed by atoms with Gasteiger partial charge in [0.25, 0.3) is 0 Å². The van der Waals surface area contributed by atoms with Crippen molar-refractivity contribution < 1.29 is 14.4 Å². The minimum Gasteiger partial charge on any atom is -0.389 e. The number of rotatable bonds is 7. The SMILES string of the molecule is CCN(CC(C)(C)O)C(=O)NC(C)c1nc(Cc2ccccc2)no1. The van der Waals surface area contributed by atoms with Crippen LogP contribution in [0.3, 0.4) is 0 Å². The molecule has 0 saturated carbocycles. The third-order valence-corrected chi connectivity index (χ3v) is 3.65. The summed E-state index contributed by atoms with van der Waals surface area (Å²) in [6.07, 6.45) is 0.574. The summed E-state index contributed by atoms with van der Waals surface area (Å²) < 4.78 is 5.27. The fourth-order valence-electron chi connectivity index (χ4n) is 2.43. The number of benzene rings is 1. The fourth-order valence-corrected chi connectivity index (χ4v) is 2.43. The van der Waals surface area contributed by atoms with Crippen molar-refractivity contribution in [3.63, 3.8) is 0 Å². The highest BCUT2D eigenvalue weighted by molar-refractivity contribution is 5.74. The lowest BCUT2D eigenvalue weighted by Gasteiger charge is -2.28. The van der Waals surface area contributed by atoms with Crippen molar-refractivity contribution in [2.45, 2.75) is 45.8 Å². The van der Waals surface area contributed by atoms with Crippen molar-refractivity contribution in [3.8, 4) is 0 Å². The maximum atomic E-state index is 12.3. The van der Waals surface area contributed by atoms with Crippen LogP contribution in [0.25, 0.3) is 0 Å². The van der Waals surface area contributed by atoms with Gasteiger partial charge in [-0.3, -0.25) is 0 Å².